The maximum atomic E-state index is 13.2. The number of nitrogens with zero attached hydrogens (tertiary/aromatic N) is 2. The summed E-state index contributed by atoms with van der Waals surface area (Å²) in [5.74, 6) is -1.12. The monoisotopic (exact) mass is 451 g/mol. The highest BCUT2D eigenvalue weighted by Gasteiger charge is 2.38. The van der Waals surface area contributed by atoms with Crippen LogP contribution in [0.2, 0.25) is 5.02 Å². The van der Waals surface area contributed by atoms with E-state index in [4.69, 9.17) is 11.6 Å². The van der Waals surface area contributed by atoms with Gasteiger partial charge in [-0.3, -0.25) is 14.9 Å². The molecular weight excluding hydrogens is 426 g/mol. The molecule has 7 heteroatoms. The molecule has 0 spiro atoms. The Morgan fingerprint density at radius 1 is 1.12 bits per heavy atom. The van der Waals surface area contributed by atoms with Crippen molar-refractivity contribution in [3.8, 4) is 0 Å². The minimum atomic E-state index is -0.763. The number of carbonyl (C=O) groups is 3. The average molecular weight is 452 g/mol. The normalized spacial score (nSPS) is 21.6. The summed E-state index contributed by atoms with van der Waals surface area (Å²) >= 11 is 6.59. The summed E-state index contributed by atoms with van der Waals surface area (Å²) in [6, 6.07) is 10.1. The molecule has 0 aromatic heterocycles. The lowest BCUT2D eigenvalue weighted by Crippen LogP contribution is -2.54. The van der Waals surface area contributed by atoms with Gasteiger partial charge in [0, 0.05) is 23.3 Å². The third-order valence-corrected chi connectivity index (χ3v) is 6.84. The molecule has 1 atom stereocenters. The van der Waals surface area contributed by atoms with E-state index in [-0.39, 0.29) is 17.0 Å². The van der Waals surface area contributed by atoms with Crippen molar-refractivity contribution < 1.29 is 14.4 Å². The van der Waals surface area contributed by atoms with Gasteiger partial charge in [-0.15, -0.1) is 0 Å². The predicted molar refractivity (Wildman–Crippen MR) is 127 cm³/mol. The van der Waals surface area contributed by atoms with Crippen molar-refractivity contribution in [2.75, 3.05) is 16.8 Å². The minimum Gasteiger partial charge on any atom is -0.369 e. The van der Waals surface area contributed by atoms with Gasteiger partial charge in [-0.05, 0) is 74.1 Å². The topological polar surface area (TPSA) is 69.7 Å². The molecule has 0 aliphatic carbocycles. The van der Waals surface area contributed by atoms with Crippen LogP contribution in [0.3, 0.4) is 0 Å². The van der Waals surface area contributed by atoms with Crippen molar-refractivity contribution in [1.29, 1.82) is 0 Å². The zero-order chi connectivity index (χ0) is 23.4. The Labute approximate surface area is 192 Å². The molecule has 1 saturated heterocycles. The second-order valence-corrected chi connectivity index (χ2v) is 9.56. The Kier molecular flexibility index (Phi) is 5.37. The molecule has 1 fully saturated rings. The number of urea groups is 1. The summed E-state index contributed by atoms with van der Waals surface area (Å²) in [6.45, 7) is 8.35. The van der Waals surface area contributed by atoms with Gasteiger partial charge in [0.2, 0.25) is 0 Å². The first-order valence-electron chi connectivity index (χ1n) is 10.6. The van der Waals surface area contributed by atoms with Crippen molar-refractivity contribution >= 4 is 46.9 Å². The first kappa shape index (κ1) is 22.1. The highest BCUT2D eigenvalue weighted by Crippen LogP contribution is 2.44. The number of anilines is 2. The standard InChI is InChI=1S/C25H26ClN3O3/c1-14-8-6-7-9-20(14)29-23(31)18(22(30)27-24(29)32)11-16-10-17-15(2)13-25(3,4)28(5)21(17)12-19(16)26/h6-12,15H,13H2,1-5H3,(H,27,30,32)/b18-11+/t15-/m0/s1. The summed E-state index contributed by atoms with van der Waals surface area (Å²) in [6.07, 6.45) is 2.44. The van der Waals surface area contributed by atoms with E-state index in [0.717, 1.165) is 28.1 Å². The molecule has 2 aromatic rings. The van der Waals surface area contributed by atoms with Gasteiger partial charge in [0.05, 0.1) is 5.69 Å². The number of rotatable bonds is 2. The van der Waals surface area contributed by atoms with Gasteiger partial charge in [-0.2, -0.15) is 0 Å². The maximum absolute atomic E-state index is 13.2. The molecule has 0 bridgehead atoms. The maximum Gasteiger partial charge on any atom is 0.335 e. The number of aryl methyl sites for hydroxylation is 1. The van der Waals surface area contributed by atoms with Crippen LogP contribution in [0.15, 0.2) is 42.0 Å². The largest absolute Gasteiger partial charge is 0.369 e. The molecule has 2 aromatic carbocycles. The van der Waals surface area contributed by atoms with Crippen LogP contribution in [0.5, 0.6) is 0 Å². The van der Waals surface area contributed by atoms with Crippen LogP contribution in [0.4, 0.5) is 16.2 Å². The summed E-state index contributed by atoms with van der Waals surface area (Å²) in [5.41, 5.74) is 3.76. The molecule has 4 amide bonds. The number of hydrogen-bond acceptors (Lipinski definition) is 4. The first-order chi connectivity index (χ1) is 15.0. The number of benzene rings is 2. The molecule has 0 unspecified atom stereocenters. The molecule has 32 heavy (non-hydrogen) atoms. The van der Waals surface area contributed by atoms with Crippen LogP contribution in [0.1, 0.15) is 49.8 Å². The van der Waals surface area contributed by atoms with Gasteiger partial charge in [-0.25, -0.2) is 9.69 Å². The van der Waals surface area contributed by atoms with Gasteiger partial charge in [0.1, 0.15) is 5.57 Å². The van der Waals surface area contributed by atoms with Gasteiger partial charge in [0.25, 0.3) is 11.8 Å². The van der Waals surface area contributed by atoms with E-state index in [1.54, 1.807) is 25.1 Å². The molecule has 2 aliphatic rings. The fourth-order valence-corrected chi connectivity index (χ4v) is 4.77. The Morgan fingerprint density at radius 3 is 2.50 bits per heavy atom. The SMILES string of the molecule is Cc1ccccc1N1C(=O)NC(=O)/C(=C\c2cc3c(cc2Cl)N(C)C(C)(C)C[C@@H]3C)C1=O. The van der Waals surface area contributed by atoms with Crippen molar-refractivity contribution in [3.63, 3.8) is 0 Å². The van der Waals surface area contributed by atoms with Crippen LogP contribution in [-0.4, -0.2) is 30.4 Å². The third-order valence-electron chi connectivity index (χ3n) is 6.51. The Bertz CT molecular complexity index is 1180. The highest BCUT2D eigenvalue weighted by molar-refractivity contribution is 6.40. The molecule has 2 heterocycles. The van der Waals surface area contributed by atoms with Crippen molar-refractivity contribution in [2.24, 2.45) is 0 Å². The molecule has 0 saturated carbocycles. The quantitative estimate of drug-likeness (QED) is 0.513. The van der Waals surface area contributed by atoms with Crippen molar-refractivity contribution in [2.45, 2.75) is 45.6 Å². The number of carbonyl (C=O) groups excluding carboxylic acids is 3. The second kappa shape index (κ2) is 7.78. The molecule has 6 nitrogen and oxygen atoms in total. The van der Waals surface area contributed by atoms with Gasteiger partial charge < -0.3 is 4.90 Å². The number of hydrogen-bond donors (Lipinski definition) is 1. The van der Waals surface area contributed by atoms with E-state index in [2.05, 4.69) is 31.0 Å². The number of barbiturate groups is 1. The van der Waals surface area contributed by atoms with Crippen LogP contribution in [0, 0.1) is 6.92 Å². The Morgan fingerprint density at radius 2 is 1.81 bits per heavy atom. The van der Waals surface area contributed by atoms with E-state index in [1.807, 2.05) is 25.2 Å². The number of amides is 4. The second-order valence-electron chi connectivity index (χ2n) is 9.15. The number of fused-ring (bicyclic) bond motifs is 1. The smallest absolute Gasteiger partial charge is 0.335 e. The predicted octanol–water partition coefficient (Wildman–Crippen LogP) is 5.04. The fraction of sp³-hybridized carbons (Fsp3) is 0.320. The van der Waals surface area contributed by atoms with Gasteiger partial charge >= 0.3 is 6.03 Å². The van der Waals surface area contributed by atoms with Gasteiger partial charge in [0.15, 0.2) is 0 Å². The first-order valence-corrected chi connectivity index (χ1v) is 10.9. The van der Waals surface area contributed by atoms with Crippen LogP contribution in [-0.2, 0) is 9.59 Å². The summed E-state index contributed by atoms with van der Waals surface area (Å²) in [5, 5.41) is 2.71. The molecule has 0 radical (unpaired) electrons. The third kappa shape index (κ3) is 3.58. The lowest BCUT2D eigenvalue weighted by Gasteiger charge is -2.45. The van der Waals surface area contributed by atoms with E-state index in [1.165, 1.54) is 6.08 Å². The van der Waals surface area contributed by atoms with E-state index in [0.29, 0.717) is 16.3 Å². The summed E-state index contributed by atoms with van der Waals surface area (Å²) in [7, 11) is 2.04. The Hall–Kier alpha value is -3.12. The zero-order valence-corrected chi connectivity index (χ0v) is 19.6. The van der Waals surface area contributed by atoms with Crippen molar-refractivity contribution in [1.82, 2.24) is 5.32 Å². The van der Waals surface area contributed by atoms with Crippen LogP contribution >= 0.6 is 11.6 Å². The summed E-state index contributed by atoms with van der Waals surface area (Å²) in [4.78, 5) is 41.5. The molecule has 1 N–H and O–H groups in total. The number of nitrogens with one attached hydrogen (secondary N) is 1. The minimum absolute atomic E-state index is 0.0106. The van der Waals surface area contributed by atoms with Gasteiger partial charge in [-0.1, -0.05) is 36.7 Å². The van der Waals surface area contributed by atoms with Crippen molar-refractivity contribution in [3.05, 3.63) is 63.7 Å². The zero-order valence-electron chi connectivity index (χ0n) is 18.8. The Balaban J connectivity index is 1.79. The van der Waals surface area contributed by atoms with E-state index < -0.39 is 17.8 Å². The number of imide groups is 2. The number of halogens is 1. The lowest BCUT2D eigenvalue weighted by atomic mass is 9.80. The summed E-state index contributed by atoms with van der Waals surface area (Å²) < 4.78 is 0. The van der Waals surface area contributed by atoms with Crippen LogP contribution < -0.4 is 15.1 Å². The molecule has 4 rings (SSSR count). The molecular formula is C25H26ClN3O3. The number of para-hydroxylation sites is 1. The molecule has 166 valence electrons. The van der Waals surface area contributed by atoms with Crippen LogP contribution in [0.25, 0.3) is 6.08 Å². The highest BCUT2D eigenvalue weighted by atomic mass is 35.5. The van der Waals surface area contributed by atoms with E-state index in [9.17, 15) is 14.4 Å². The lowest BCUT2D eigenvalue weighted by molar-refractivity contribution is -0.122. The van der Waals surface area contributed by atoms with E-state index >= 15 is 0 Å². The fourth-order valence-electron chi connectivity index (χ4n) is 4.56. The average Bonchev–Trinajstić information content (AvgIpc) is 2.71. The molecule has 2 aliphatic heterocycles.